The van der Waals surface area contributed by atoms with Crippen molar-refractivity contribution in [3.63, 3.8) is 0 Å². The molecule has 0 bridgehead atoms. The van der Waals surface area contributed by atoms with Crippen LogP contribution in [0.4, 0.5) is 4.39 Å². The Labute approximate surface area is 158 Å². The van der Waals surface area contributed by atoms with Crippen LogP contribution in [0.15, 0.2) is 29.4 Å². The van der Waals surface area contributed by atoms with E-state index in [1.807, 2.05) is 0 Å². The predicted molar refractivity (Wildman–Crippen MR) is 97.4 cm³/mol. The lowest BCUT2D eigenvalue weighted by molar-refractivity contribution is 0.345. The molecule has 0 amide bonds. The predicted octanol–water partition coefficient (Wildman–Crippen LogP) is 2.62. The van der Waals surface area contributed by atoms with Gasteiger partial charge in [0, 0.05) is 43.2 Å². The molecule has 146 valence electrons. The Morgan fingerprint density at radius 1 is 1.22 bits per heavy atom. The van der Waals surface area contributed by atoms with Crippen LogP contribution in [0.3, 0.4) is 0 Å². The van der Waals surface area contributed by atoms with E-state index in [4.69, 9.17) is 0 Å². The van der Waals surface area contributed by atoms with Gasteiger partial charge in [0.05, 0.1) is 6.67 Å². The van der Waals surface area contributed by atoms with Gasteiger partial charge in [0.15, 0.2) is 5.82 Å². The van der Waals surface area contributed by atoms with Gasteiger partial charge in [0.1, 0.15) is 10.7 Å². The molecular weight excluding hydrogens is 369 g/mol. The fourth-order valence-corrected chi connectivity index (χ4v) is 5.63. The van der Waals surface area contributed by atoms with E-state index in [0.29, 0.717) is 11.7 Å². The number of halogens is 1. The summed E-state index contributed by atoms with van der Waals surface area (Å²) < 4.78 is 40.7. The lowest BCUT2D eigenvalue weighted by Gasteiger charge is -2.18. The average molecular weight is 393 g/mol. The number of rotatable bonds is 5. The average Bonchev–Trinajstić information content (AvgIpc) is 3.36. The number of alkyl halides is 1. The van der Waals surface area contributed by atoms with Crippen LogP contribution in [0.1, 0.15) is 55.6 Å². The van der Waals surface area contributed by atoms with Crippen molar-refractivity contribution >= 4 is 10.0 Å². The molecule has 3 heterocycles. The number of nitrogens with one attached hydrogen (secondary N) is 1. The summed E-state index contributed by atoms with van der Waals surface area (Å²) in [5, 5.41) is 7.32. The van der Waals surface area contributed by atoms with Crippen LogP contribution < -0.4 is 0 Å². The van der Waals surface area contributed by atoms with Gasteiger partial charge < -0.3 is 0 Å². The molecule has 1 N–H and O–H groups in total. The normalized spacial score (nSPS) is 25.1. The summed E-state index contributed by atoms with van der Waals surface area (Å²) in [5.41, 5.74) is 0. The summed E-state index contributed by atoms with van der Waals surface area (Å²) in [7, 11) is -3.69. The van der Waals surface area contributed by atoms with Crippen molar-refractivity contribution in [1.82, 2.24) is 24.5 Å². The fraction of sp³-hybridized carbons (Fsp3) is 0.611. The lowest BCUT2D eigenvalue weighted by Crippen LogP contribution is -2.29. The summed E-state index contributed by atoms with van der Waals surface area (Å²) in [4.78, 5) is 8.65. The zero-order chi connectivity index (χ0) is 18.9. The smallest absolute Gasteiger partial charge is 0.244 e. The van der Waals surface area contributed by atoms with E-state index in [9.17, 15) is 12.8 Å². The van der Waals surface area contributed by atoms with Crippen LogP contribution in [0.2, 0.25) is 0 Å². The van der Waals surface area contributed by atoms with Crippen molar-refractivity contribution in [1.29, 1.82) is 0 Å². The minimum absolute atomic E-state index is 0.128. The Balaban J connectivity index is 1.54. The molecule has 9 heteroatoms. The summed E-state index contributed by atoms with van der Waals surface area (Å²) in [6.07, 6.45) is 8.62. The number of H-pyrrole nitrogens is 1. The molecule has 0 spiro atoms. The first-order valence-corrected chi connectivity index (χ1v) is 10.9. The van der Waals surface area contributed by atoms with Crippen molar-refractivity contribution in [2.45, 2.75) is 48.8 Å². The molecule has 7 nitrogen and oxygen atoms in total. The van der Waals surface area contributed by atoms with Gasteiger partial charge in [-0.15, -0.1) is 0 Å². The Hall–Kier alpha value is -1.87. The molecule has 2 aromatic rings. The van der Waals surface area contributed by atoms with Gasteiger partial charge in [0.25, 0.3) is 0 Å². The zero-order valence-corrected chi connectivity index (χ0v) is 15.9. The van der Waals surface area contributed by atoms with Gasteiger partial charge in [-0.25, -0.2) is 13.4 Å². The highest BCUT2D eigenvalue weighted by molar-refractivity contribution is 7.89. The highest BCUT2D eigenvalue weighted by Crippen LogP contribution is 2.36. The first kappa shape index (κ1) is 18.5. The molecule has 2 atom stereocenters. The van der Waals surface area contributed by atoms with Crippen LogP contribution in [-0.4, -0.2) is 52.7 Å². The minimum atomic E-state index is -3.69. The van der Waals surface area contributed by atoms with E-state index in [1.165, 1.54) is 42.0 Å². The molecular formula is C18H24FN5O2S. The second-order valence-corrected chi connectivity index (χ2v) is 9.38. The SMILES string of the molecule is O=S(=O)(c1cccnc1)N1C[C@@H](CF)[C@H](c2nc(C3CCCCC3)n[nH]2)C1. The number of hydrogen-bond donors (Lipinski definition) is 1. The first-order valence-electron chi connectivity index (χ1n) is 9.48. The standard InChI is InChI=1S/C18H24FN5O2S/c19-9-14-11-24(27(25,26)15-7-4-8-20-10-15)12-16(14)18-21-17(22-23-18)13-5-2-1-3-6-13/h4,7-8,10,13-14,16H,1-3,5-6,9,11-12H2,(H,21,22,23)/t14-,16-/m1/s1. The molecule has 1 saturated heterocycles. The van der Waals surface area contributed by atoms with Crippen molar-refractivity contribution in [2.75, 3.05) is 19.8 Å². The summed E-state index contributed by atoms with van der Waals surface area (Å²) in [6, 6.07) is 3.09. The third-order valence-electron chi connectivity index (χ3n) is 5.72. The maximum absolute atomic E-state index is 13.7. The summed E-state index contributed by atoms with van der Waals surface area (Å²) in [6.45, 7) is -0.258. The first-order chi connectivity index (χ1) is 13.1. The lowest BCUT2D eigenvalue weighted by atomic mass is 9.89. The molecule has 2 fully saturated rings. The largest absolute Gasteiger partial charge is 0.263 e. The second kappa shape index (κ2) is 7.63. The highest BCUT2D eigenvalue weighted by Gasteiger charge is 2.42. The Bertz CT molecular complexity index is 867. The monoisotopic (exact) mass is 393 g/mol. The number of sulfonamides is 1. The molecule has 0 unspecified atom stereocenters. The third-order valence-corrected chi connectivity index (χ3v) is 7.53. The third kappa shape index (κ3) is 3.62. The minimum Gasteiger partial charge on any atom is -0.263 e. The van der Waals surface area contributed by atoms with Crippen LogP contribution in [-0.2, 0) is 10.0 Å². The van der Waals surface area contributed by atoms with Gasteiger partial charge in [-0.2, -0.15) is 9.40 Å². The highest BCUT2D eigenvalue weighted by atomic mass is 32.2. The second-order valence-electron chi connectivity index (χ2n) is 7.45. The van der Waals surface area contributed by atoms with E-state index in [2.05, 4.69) is 20.2 Å². The van der Waals surface area contributed by atoms with E-state index in [-0.39, 0.29) is 23.9 Å². The maximum atomic E-state index is 13.7. The number of aromatic amines is 1. The molecule has 27 heavy (non-hydrogen) atoms. The molecule has 0 aromatic carbocycles. The molecule has 2 aromatic heterocycles. The Morgan fingerprint density at radius 3 is 2.74 bits per heavy atom. The van der Waals surface area contributed by atoms with E-state index in [1.54, 1.807) is 6.07 Å². The zero-order valence-electron chi connectivity index (χ0n) is 15.1. The van der Waals surface area contributed by atoms with Gasteiger partial charge in [-0.1, -0.05) is 19.3 Å². The molecule has 2 aliphatic rings. The fourth-order valence-electron chi connectivity index (χ4n) is 4.14. The molecule has 1 saturated carbocycles. The summed E-state index contributed by atoms with van der Waals surface area (Å²) in [5.74, 6) is 0.997. The van der Waals surface area contributed by atoms with Crippen molar-refractivity contribution in [3.05, 3.63) is 36.2 Å². The molecule has 1 aliphatic carbocycles. The van der Waals surface area contributed by atoms with Crippen molar-refractivity contribution in [2.24, 2.45) is 5.92 Å². The van der Waals surface area contributed by atoms with E-state index in [0.717, 1.165) is 18.7 Å². The molecule has 4 rings (SSSR count). The topological polar surface area (TPSA) is 91.8 Å². The quantitative estimate of drug-likeness (QED) is 0.843. The maximum Gasteiger partial charge on any atom is 0.244 e. The Morgan fingerprint density at radius 2 is 2.04 bits per heavy atom. The number of nitrogens with zero attached hydrogens (tertiary/aromatic N) is 4. The van der Waals surface area contributed by atoms with Gasteiger partial charge in [-0.05, 0) is 25.0 Å². The van der Waals surface area contributed by atoms with Crippen molar-refractivity contribution < 1.29 is 12.8 Å². The van der Waals surface area contributed by atoms with E-state index >= 15 is 0 Å². The summed E-state index contributed by atoms with van der Waals surface area (Å²) >= 11 is 0. The van der Waals surface area contributed by atoms with Crippen molar-refractivity contribution in [3.8, 4) is 0 Å². The van der Waals surface area contributed by atoms with E-state index < -0.39 is 22.6 Å². The van der Waals surface area contributed by atoms with Crippen LogP contribution in [0, 0.1) is 5.92 Å². The number of pyridine rings is 1. The van der Waals surface area contributed by atoms with Gasteiger partial charge >= 0.3 is 0 Å². The Kier molecular flexibility index (Phi) is 5.23. The van der Waals surface area contributed by atoms with Crippen LogP contribution >= 0.6 is 0 Å². The number of aromatic nitrogens is 4. The molecule has 1 aliphatic heterocycles. The molecule has 0 radical (unpaired) electrons. The number of hydrogen-bond acceptors (Lipinski definition) is 5. The van der Waals surface area contributed by atoms with Gasteiger partial charge in [0.2, 0.25) is 10.0 Å². The van der Waals surface area contributed by atoms with Gasteiger partial charge in [-0.3, -0.25) is 14.5 Å². The van der Waals surface area contributed by atoms with Crippen LogP contribution in [0.5, 0.6) is 0 Å². The van der Waals surface area contributed by atoms with Crippen LogP contribution in [0.25, 0.3) is 0 Å².